The standard InChI is InChI=1S/C27H32N4O3/c1-29(2)13-7-8-14-30-17-24(32)31-23(27(30)33)16-21-20-15-19(34-3)11-12-22(20)28-25(21)26(31)18-9-5-4-6-10-18/h4-6,9-12,15,23,26,28H,7-8,13-14,16-17H2,1-3H3/t23?,26-/m1/s1. The molecular formula is C27H32N4O3. The van der Waals surface area contributed by atoms with Gasteiger partial charge in [-0.05, 0) is 62.8 Å². The fourth-order valence-corrected chi connectivity index (χ4v) is 5.38. The molecule has 3 heterocycles. The van der Waals surface area contributed by atoms with Crippen LogP contribution in [-0.2, 0) is 16.0 Å². The van der Waals surface area contributed by atoms with Crippen LogP contribution in [0.4, 0.5) is 0 Å². The number of carbonyl (C=O) groups excluding carboxylic acids is 2. The summed E-state index contributed by atoms with van der Waals surface area (Å²) in [4.78, 5) is 36.5. The number of aromatic nitrogens is 1. The highest BCUT2D eigenvalue weighted by Crippen LogP contribution is 2.43. The highest BCUT2D eigenvalue weighted by Gasteiger charge is 2.48. The molecule has 3 aromatic rings. The van der Waals surface area contributed by atoms with Crippen molar-refractivity contribution >= 4 is 22.7 Å². The van der Waals surface area contributed by atoms with Gasteiger partial charge in [0.25, 0.3) is 0 Å². The van der Waals surface area contributed by atoms with Gasteiger partial charge in [-0.1, -0.05) is 30.3 Å². The summed E-state index contributed by atoms with van der Waals surface area (Å²) >= 11 is 0. The van der Waals surface area contributed by atoms with E-state index in [4.69, 9.17) is 4.74 Å². The Morgan fingerprint density at radius 1 is 1.09 bits per heavy atom. The van der Waals surface area contributed by atoms with Gasteiger partial charge in [0.2, 0.25) is 11.8 Å². The van der Waals surface area contributed by atoms with E-state index in [1.807, 2.05) is 67.5 Å². The molecule has 5 rings (SSSR count). The van der Waals surface area contributed by atoms with Crippen LogP contribution in [0.25, 0.3) is 10.9 Å². The van der Waals surface area contributed by atoms with Crippen molar-refractivity contribution in [3.63, 3.8) is 0 Å². The number of hydrogen-bond donors (Lipinski definition) is 1. The molecule has 0 aliphatic carbocycles. The van der Waals surface area contributed by atoms with E-state index in [1.54, 1.807) is 12.0 Å². The molecule has 7 heteroatoms. The Balaban J connectivity index is 1.54. The SMILES string of the molecule is COc1ccc2[nH]c3c(c2c1)CC1C(=O)N(CCCCN(C)C)CC(=O)N1[C@@H]3c1ccccc1. The first kappa shape index (κ1) is 22.5. The molecule has 0 saturated carbocycles. The molecule has 2 atom stereocenters. The minimum absolute atomic E-state index is 0.00736. The third-order valence-corrected chi connectivity index (χ3v) is 7.04. The Morgan fingerprint density at radius 3 is 2.62 bits per heavy atom. The fraction of sp³-hybridized carbons (Fsp3) is 0.407. The van der Waals surface area contributed by atoms with Gasteiger partial charge in [0.1, 0.15) is 11.8 Å². The van der Waals surface area contributed by atoms with Crippen molar-refractivity contribution < 1.29 is 14.3 Å². The predicted octanol–water partition coefficient (Wildman–Crippen LogP) is 3.20. The predicted molar refractivity (Wildman–Crippen MR) is 132 cm³/mol. The van der Waals surface area contributed by atoms with Crippen LogP contribution in [-0.4, -0.2) is 78.4 Å². The Bertz CT molecular complexity index is 1200. The number of aromatic amines is 1. The Kier molecular flexibility index (Phi) is 6.04. The summed E-state index contributed by atoms with van der Waals surface area (Å²) in [5, 5.41) is 1.05. The lowest BCUT2D eigenvalue weighted by molar-refractivity contribution is -0.158. The monoisotopic (exact) mass is 460 g/mol. The number of H-pyrrole nitrogens is 1. The minimum Gasteiger partial charge on any atom is -0.497 e. The van der Waals surface area contributed by atoms with Crippen LogP contribution in [0.3, 0.4) is 0 Å². The number of rotatable bonds is 7. The number of piperazine rings is 1. The number of ether oxygens (including phenoxy) is 1. The summed E-state index contributed by atoms with van der Waals surface area (Å²) < 4.78 is 5.47. The molecule has 0 spiro atoms. The van der Waals surface area contributed by atoms with Gasteiger partial charge >= 0.3 is 0 Å². The van der Waals surface area contributed by atoms with Crippen LogP contribution < -0.4 is 4.74 Å². The topological polar surface area (TPSA) is 68.9 Å². The largest absolute Gasteiger partial charge is 0.497 e. The van der Waals surface area contributed by atoms with Crippen molar-refractivity contribution in [2.24, 2.45) is 0 Å². The molecule has 1 fully saturated rings. The summed E-state index contributed by atoms with van der Waals surface area (Å²) in [6.45, 7) is 1.74. The Morgan fingerprint density at radius 2 is 1.88 bits per heavy atom. The number of nitrogens with zero attached hydrogens (tertiary/aromatic N) is 3. The molecule has 2 aliphatic rings. The average molecular weight is 461 g/mol. The van der Waals surface area contributed by atoms with Gasteiger partial charge in [-0.3, -0.25) is 9.59 Å². The molecule has 1 aromatic heterocycles. The molecule has 0 radical (unpaired) electrons. The number of nitrogens with one attached hydrogen (secondary N) is 1. The van der Waals surface area contributed by atoms with Gasteiger partial charge < -0.3 is 24.4 Å². The van der Waals surface area contributed by atoms with Crippen LogP contribution in [0, 0.1) is 0 Å². The third kappa shape index (κ3) is 3.94. The molecule has 178 valence electrons. The van der Waals surface area contributed by atoms with Gasteiger partial charge in [0.05, 0.1) is 19.7 Å². The second-order valence-electron chi connectivity index (χ2n) is 9.53. The van der Waals surface area contributed by atoms with Crippen molar-refractivity contribution in [3.05, 3.63) is 65.4 Å². The highest BCUT2D eigenvalue weighted by atomic mass is 16.5. The normalized spacial score (nSPS) is 20.1. The number of fused-ring (bicyclic) bond motifs is 4. The van der Waals surface area contributed by atoms with Crippen LogP contribution in [0.5, 0.6) is 5.75 Å². The number of benzene rings is 2. The molecule has 2 aromatic carbocycles. The second-order valence-corrected chi connectivity index (χ2v) is 9.53. The van der Waals surface area contributed by atoms with Crippen LogP contribution >= 0.6 is 0 Å². The minimum atomic E-state index is -0.502. The molecule has 2 amide bonds. The zero-order valence-electron chi connectivity index (χ0n) is 20.1. The summed E-state index contributed by atoms with van der Waals surface area (Å²) in [6, 6.07) is 15.2. The maximum Gasteiger partial charge on any atom is 0.246 e. The first-order valence-corrected chi connectivity index (χ1v) is 12.0. The third-order valence-electron chi connectivity index (χ3n) is 7.04. The smallest absolute Gasteiger partial charge is 0.246 e. The van der Waals surface area contributed by atoms with E-state index in [0.717, 1.165) is 52.9 Å². The molecule has 1 N–H and O–H groups in total. The summed E-state index contributed by atoms with van der Waals surface area (Å²) in [5.74, 6) is 0.836. The number of amides is 2. The highest BCUT2D eigenvalue weighted by molar-refractivity contribution is 5.97. The maximum atomic E-state index is 13.7. The number of methoxy groups -OCH3 is 1. The van der Waals surface area contributed by atoms with Gasteiger partial charge in [-0.2, -0.15) is 0 Å². The maximum absolute atomic E-state index is 13.7. The van der Waals surface area contributed by atoms with E-state index in [2.05, 4.69) is 9.88 Å². The van der Waals surface area contributed by atoms with Gasteiger partial charge in [-0.25, -0.2) is 0 Å². The Hall–Kier alpha value is -3.32. The lowest BCUT2D eigenvalue weighted by Crippen LogP contribution is -2.63. The van der Waals surface area contributed by atoms with Crippen LogP contribution in [0.1, 0.15) is 35.7 Å². The number of carbonyl (C=O) groups is 2. The van der Waals surface area contributed by atoms with E-state index in [0.29, 0.717) is 13.0 Å². The molecule has 1 saturated heterocycles. The molecule has 2 aliphatic heterocycles. The lowest BCUT2D eigenvalue weighted by Gasteiger charge is -2.47. The molecular weight excluding hydrogens is 428 g/mol. The molecule has 0 bridgehead atoms. The van der Waals surface area contributed by atoms with E-state index in [1.165, 1.54) is 0 Å². The number of hydrogen-bond acceptors (Lipinski definition) is 4. The fourth-order valence-electron chi connectivity index (χ4n) is 5.38. The number of unbranched alkanes of at least 4 members (excludes halogenated alkanes) is 1. The molecule has 7 nitrogen and oxygen atoms in total. The first-order valence-electron chi connectivity index (χ1n) is 12.0. The lowest BCUT2D eigenvalue weighted by atomic mass is 9.86. The quantitative estimate of drug-likeness (QED) is 0.550. The van der Waals surface area contributed by atoms with Crippen molar-refractivity contribution in [1.29, 1.82) is 0 Å². The van der Waals surface area contributed by atoms with E-state index in [-0.39, 0.29) is 24.4 Å². The summed E-state index contributed by atoms with van der Waals surface area (Å²) in [7, 11) is 5.76. The zero-order valence-corrected chi connectivity index (χ0v) is 20.1. The molecule has 34 heavy (non-hydrogen) atoms. The van der Waals surface area contributed by atoms with E-state index < -0.39 is 6.04 Å². The Labute approximate surface area is 200 Å². The zero-order chi connectivity index (χ0) is 23.8. The second kappa shape index (κ2) is 9.14. The van der Waals surface area contributed by atoms with Crippen LogP contribution in [0.15, 0.2) is 48.5 Å². The summed E-state index contributed by atoms with van der Waals surface area (Å²) in [5.41, 5.74) is 4.09. The summed E-state index contributed by atoms with van der Waals surface area (Å²) in [6.07, 6.45) is 2.39. The average Bonchev–Trinajstić information content (AvgIpc) is 3.21. The van der Waals surface area contributed by atoms with Crippen molar-refractivity contribution in [3.8, 4) is 5.75 Å². The van der Waals surface area contributed by atoms with Crippen molar-refractivity contribution in [2.45, 2.75) is 31.3 Å². The molecule has 1 unspecified atom stereocenters. The van der Waals surface area contributed by atoms with Gasteiger partial charge in [0, 0.05) is 29.6 Å². The van der Waals surface area contributed by atoms with Crippen LogP contribution in [0.2, 0.25) is 0 Å². The first-order chi connectivity index (χ1) is 16.5. The van der Waals surface area contributed by atoms with Gasteiger partial charge in [-0.15, -0.1) is 0 Å². The van der Waals surface area contributed by atoms with Crippen molar-refractivity contribution in [2.75, 3.05) is 40.8 Å². The van der Waals surface area contributed by atoms with Crippen molar-refractivity contribution in [1.82, 2.24) is 19.7 Å². The van der Waals surface area contributed by atoms with Gasteiger partial charge in [0.15, 0.2) is 0 Å². The van der Waals surface area contributed by atoms with E-state index >= 15 is 0 Å². The van der Waals surface area contributed by atoms with E-state index in [9.17, 15) is 9.59 Å².